The Hall–Kier alpha value is -7.83. The second-order valence-electron chi connectivity index (χ2n) is 15.1. The maximum Gasteiger partial charge on any atom is 0.296 e. The zero-order valence-corrected chi connectivity index (χ0v) is 39.8. The number of ether oxygens (including phenoxy) is 2. The second kappa shape index (κ2) is 20.4. The normalized spacial score (nSPS) is 14.2. The van der Waals surface area contributed by atoms with Crippen molar-refractivity contribution >= 4 is 114 Å². The zero-order chi connectivity index (χ0) is 53.4. The van der Waals surface area contributed by atoms with Crippen molar-refractivity contribution in [2.45, 2.75) is 25.6 Å². The van der Waals surface area contributed by atoms with Crippen LogP contribution in [-0.4, -0.2) is 122 Å². The van der Waals surface area contributed by atoms with Gasteiger partial charge in [-0.2, -0.15) is 43.8 Å². The molecule has 29 nitrogen and oxygen atoms in total. The van der Waals surface area contributed by atoms with E-state index in [1.54, 1.807) is 0 Å². The van der Waals surface area contributed by atoms with Crippen molar-refractivity contribution in [1.29, 1.82) is 0 Å². The van der Waals surface area contributed by atoms with Crippen molar-refractivity contribution in [3.05, 3.63) is 84.9 Å². The summed E-state index contributed by atoms with van der Waals surface area (Å²) in [7, 11) is -19.8. The van der Waals surface area contributed by atoms with Gasteiger partial charge in [-0.05, 0) is 72.1 Å². The predicted molar refractivity (Wildman–Crippen MR) is 258 cm³/mol. The molecular weight excluding hydrogens is 1050 g/mol. The fourth-order valence-electron chi connectivity index (χ4n) is 7.10. The van der Waals surface area contributed by atoms with Crippen molar-refractivity contribution in [3.8, 4) is 23.0 Å². The van der Waals surface area contributed by atoms with E-state index < -0.39 is 119 Å². The van der Waals surface area contributed by atoms with E-state index in [0.29, 0.717) is 12.1 Å². The summed E-state index contributed by atoms with van der Waals surface area (Å²) in [6, 6.07) is 13.3. The fourth-order valence-corrected chi connectivity index (χ4v) is 9.47. The predicted octanol–water partition coefficient (Wildman–Crippen LogP) is 1.18. The van der Waals surface area contributed by atoms with Crippen LogP contribution in [0, 0.1) is 0 Å². The van der Waals surface area contributed by atoms with E-state index in [1.807, 2.05) is 0 Å². The first-order valence-corrected chi connectivity index (χ1v) is 26.0. The number of primary amides is 1. The van der Waals surface area contributed by atoms with Crippen molar-refractivity contribution in [1.82, 2.24) is 5.43 Å². The molecule has 7 rings (SSSR count). The Kier molecular flexibility index (Phi) is 14.8. The molecule has 16 N–H and O–H groups in total. The molecule has 388 valence electrons. The van der Waals surface area contributed by atoms with Crippen LogP contribution in [0.3, 0.4) is 0 Å². The average molecular weight is 1090 g/mol. The molecule has 1 atom stereocenters. The molecule has 1 aliphatic heterocycles. The van der Waals surface area contributed by atoms with E-state index in [-0.39, 0.29) is 69.3 Å². The van der Waals surface area contributed by atoms with E-state index >= 15 is 0 Å². The van der Waals surface area contributed by atoms with E-state index in [4.69, 9.17) is 15.2 Å². The Bertz CT molecular complexity index is 3720. The number of nitrogens with one attached hydrogen (secondary N) is 6. The first-order chi connectivity index (χ1) is 34.2. The number of nitrogens with two attached hydrogens (primary N) is 1. The van der Waals surface area contributed by atoms with Crippen LogP contribution in [0.25, 0.3) is 21.5 Å². The number of anilines is 6. The van der Waals surface area contributed by atoms with Crippen LogP contribution in [0.15, 0.2) is 110 Å². The van der Waals surface area contributed by atoms with Gasteiger partial charge in [0, 0.05) is 40.0 Å². The third-order valence-corrected chi connectivity index (χ3v) is 13.8. The Balaban J connectivity index is 1.17. The van der Waals surface area contributed by atoms with Gasteiger partial charge in [-0.15, -0.1) is 0 Å². The van der Waals surface area contributed by atoms with Gasteiger partial charge in [0.25, 0.3) is 52.3 Å². The van der Waals surface area contributed by atoms with Gasteiger partial charge in [-0.3, -0.25) is 44.1 Å². The number of phenols is 2. The van der Waals surface area contributed by atoms with Crippen LogP contribution < -0.4 is 52.8 Å². The number of hydrazone groups is 1. The van der Waals surface area contributed by atoms with Gasteiger partial charge in [0.05, 0.1) is 45.8 Å². The minimum Gasteiger partial charge on any atom is -0.507 e. The highest BCUT2D eigenvalue weighted by atomic mass is 32.2. The fraction of sp³-hybridized carbons (Fsp3) is 0.125. The topological polar surface area (TPSA) is 465 Å². The van der Waals surface area contributed by atoms with Crippen LogP contribution in [0.5, 0.6) is 23.0 Å². The third-order valence-electron chi connectivity index (χ3n) is 10.3. The maximum absolute atomic E-state index is 13.4. The Morgan fingerprint density at radius 3 is 1.75 bits per heavy atom. The number of phenolic OH excluding ortho intramolecular Hbond substituents is 2. The molecule has 1 heterocycles. The molecule has 0 aromatic heterocycles. The van der Waals surface area contributed by atoms with Crippen LogP contribution in [0.1, 0.15) is 0 Å². The lowest BCUT2D eigenvalue weighted by atomic mass is 10.1. The number of fused-ring (bicyclic) bond motifs is 2. The summed E-state index contributed by atoms with van der Waals surface area (Å²) in [5.41, 5.74) is 20.0. The van der Waals surface area contributed by atoms with Crippen LogP contribution in [-0.2, 0) is 50.1 Å². The number of aliphatic hydroxyl groups excluding tert-OH is 2. The summed E-state index contributed by atoms with van der Waals surface area (Å²) in [5.74, 6) is -3.86. The Morgan fingerprint density at radius 1 is 0.630 bits per heavy atom. The summed E-state index contributed by atoms with van der Waals surface area (Å²) in [6.07, 6.45) is 0. The molecule has 0 radical (unpaired) electrons. The van der Waals surface area contributed by atoms with E-state index in [2.05, 4.69) is 37.7 Å². The minimum absolute atomic E-state index is 0.00297. The van der Waals surface area contributed by atoms with E-state index in [9.17, 15) is 81.9 Å². The molecule has 1 aliphatic rings. The molecule has 0 aliphatic carbocycles. The van der Waals surface area contributed by atoms with Crippen LogP contribution >= 0.6 is 0 Å². The molecule has 6 aromatic rings. The number of hydrogen-bond acceptors (Lipinski definition) is 23. The largest absolute Gasteiger partial charge is 0.507 e. The number of rotatable bonds is 21. The van der Waals surface area contributed by atoms with Gasteiger partial charge in [0.15, 0.2) is 11.8 Å². The summed E-state index contributed by atoms with van der Waals surface area (Å²) >= 11 is 0. The van der Waals surface area contributed by atoms with Gasteiger partial charge in [0.2, 0.25) is 0 Å². The molecule has 0 fully saturated rings. The number of benzene rings is 6. The summed E-state index contributed by atoms with van der Waals surface area (Å²) < 4.78 is 147. The standard InChI is InChI=1S/C40H39N9O20S4/c41-39(54)36-37(40(55)49(48-36)21-2-4-22(5-3-21)70(56,57)58)47-42-20-1-6-24-19(13-20)14-33(73(65,66)67)35(38(24)53)46-45-28-18-30(68-11-9-50)27(17-31(28)69-12-10-51)44-43-26-7-8-32(72(62,63)64)25-15-23(71(59,60)61)16-29(52)34(25)26/h1-8,13-18,37,42-47,50-53H,9-12H2,(H2,41,54)(H,56,57,58)(H,59,60,61)(H,62,63,64)(H,65,66,67). The molecule has 0 spiro atoms. The Morgan fingerprint density at radius 2 is 1.21 bits per heavy atom. The number of aliphatic hydroxyl groups is 2. The second-order valence-corrected chi connectivity index (χ2v) is 20.7. The maximum atomic E-state index is 13.4. The number of hydrogen-bond donors (Lipinski definition) is 15. The molecule has 6 aromatic carbocycles. The van der Waals surface area contributed by atoms with E-state index in [1.165, 1.54) is 30.3 Å². The van der Waals surface area contributed by atoms with Gasteiger partial charge < -0.3 is 46.5 Å². The molecule has 1 unspecified atom stereocenters. The number of aromatic hydroxyl groups is 2. The first-order valence-electron chi connectivity index (χ1n) is 20.2. The number of hydrazine groups is 3. The summed E-state index contributed by atoms with van der Waals surface area (Å²) in [5, 5.41) is 45.3. The van der Waals surface area contributed by atoms with Gasteiger partial charge in [-0.1, -0.05) is 0 Å². The van der Waals surface area contributed by atoms with Gasteiger partial charge in [0.1, 0.15) is 51.7 Å². The quantitative estimate of drug-likeness (QED) is 0.0273. The average Bonchev–Trinajstić information content (AvgIpc) is 3.65. The minimum atomic E-state index is -5.19. The molecule has 73 heavy (non-hydrogen) atoms. The smallest absolute Gasteiger partial charge is 0.296 e. The van der Waals surface area contributed by atoms with Crippen molar-refractivity contribution in [2.75, 3.05) is 58.6 Å². The lowest BCUT2D eigenvalue weighted by molar-refractivity contribution is -0.119. The van der Waals surface area contributed by atoms with Gasteiger partial charge >= 0.3 is 0 Å². The van der Waals surface area contributed by atoms with Gasteiger partial charge in [-0.25, -0.2) is 5.43 Å². The van der Waals surface area contributed by atoms with Crippen molar-refractivity contribution < 1.29 is 91.4 Å². The number of amides is 2. The molecule has 0 saturated carbocycles. The first kappa shape index (κ1) is 53.0. The lowest BCUT2D eigenvalue weighted by Gasteiger charge is -2.22. The summed E-state index contributed by atoms with van der Waals surface area (Å²) in [4.78, 5) is 22.6. The highest BCUT2D eigenvalue weighted by Crippen LogP contribution is 2.43. The van der Waals surface area contributed by atoms with Crippen LogP contribution in [0.4, 0.5) is 34.1 Å². The third kappa shape index (κ3) is 11.5. The number of carbonyl (C=O) groups is 2. The zero-order valence-electron chi connectivity index (χ0n) is 36.6. The monoisotopic (exact) mass is 1090 g/mol. The molecular formula is C40H39N9O20S4. The molecule has 0 bridgehead atoms. The molecule has 33 heteroatoms. The Labute approximate surface area is 411 Å². The molecule has 2 amide bonds. The SMILES string of the molecule is NC(=O)C1=NN(c2ccc(S(=O)(=O)O)cc2)C(=O)C1NNc1ccc2c(O)c(NNc3cc(OCCO)c(NNc4ccc(S(=O)(=O)O)c5cc(S(=O)(=O)O)cc(O)c45)cc3OCCO)c(S(=O)(=O)O)cc2c1. The number of nitrogens with zero attached hydrogens (tertiary/aromatic N) is 2. The highest BCUT2D eigenvalue weighted by molar-refractivity contribution is 7.86. The van der Waals surface area contributed by atoms with E-state index in [0.717, 1.165) is 47.5 Å². The van der Waals surface area contributed by atoms with Crippen LogP contribution in [0.2, 0.25) is 0 Å². The highest BCUT2D eigenvalue weighted by Gasteiger charge is 2.40. The van der Waals surface area contributed by atoms with Crippen molar-refractivity contribution in [2.24, 2.45) is 10.8 Å². The lowest BCUT2D eigenvalue weighted by Crippen LogP contribution is -2.49. The number of carbonyl (C=O) groups excluding carboxylic acids is 2. The summed E-state index contributed by atoms with van der Waals surface area (Å²) in [6.45, 7) is -1.77. The molecule has 0 saturated heterocycles. The van der Waals surface area contributed by atoms with Crippen molar-refractivity contribution in [3.63, 3.8) is 0 Å².